The smallest absolute Gasteiger partial charge is 0.215 e. The first-order valence-corrected chi connectivity index (χ1v) is 8.40. The van der Waals surface area contributed by atoms with Gasteiger partial charge >= 0.3 is 0 Å². The molecule has 1 atom stereocenters. The zero-order valence-corrected chi connectivity index (χ0v) is 12.6. The second kappa shape index (κ2) is 6.41. The highest BCUT2D eigenvalue weighted by atomic mass is 35.5. The van der Waals surface area contributed by atoms with Crippen LogP contribution in [-0.2, 0) is 20.5 Å². The van der Waals surface area contributed by atoms with Gasteiger partial charge in [0, 0.05) is 28.8 Å². The second-order valence-corrected chi connectivity index (χ2v) is 7.06. The minimum Gasteiger partial charge on any atom is -0.377 e. The molecule has 0 saturated carbocycles. The molecule has 0 bridgehead atoms. The van der Waals surface area contributed by atoms with Gasteiger partial charge in [0.1, 0.15) is 0 Å². The molecule has 106 valence electrons. The molecule has 1 aliphatic heterocycles. The van der Waals surface area contributed by atoms with Crippen LogP contribution in [0.25, 0.3) is 0 Å². The van der Waals surface area contributed by atoms with E-state index in [2.05, 4.69) is 4.72 Å². The van der Waals surface area contributed by atoms with Gasteiger partial charge in [0.05, 0.1) is 11.9 Å². The number of halogens is 2. The van der Waals surface area contributed by atoms with E-state index in [-0.39, 0.29) is 11.9 Å². The highest BCUT2D eigenvalue weighted by Gasteiger charge is 2.20. The zero-order chi connectivity index (χ0) is 13.9. The molecule has 19 heavy (non-hydrogen) atoms. The van der Waals surface area contributed by atoms with Gasteiger partial charge in [-0.2, -0.15) is 0 Å². The fourth-order valence-corrected chi connectivity index (χ4v) is 3.86. The lowest BCUT2D eigenvalue weighted by atomic mass is 10.2. The molecule has 0 amide bonds. The third-order valence-corrected chi connectivity index (χ3v) is 4.93. The fourth-order valence-electron chi connectivity index (χ4n) is 1.94. The molecule has 1 aliphatic rings. The SMILES string of the molecule is O=S(=O)(Cc1c(Cl)cccc1Cl)NCC1CCCO1. The quantitative estimate of drug-likeness (QED) is 0.906. The summed E-state index contributed by atoms with van der Waals surface area (Å²) >= 11 is 11.9. The first-order chi connectivity index (χ1) is 8.98. The number of ether oxygens (including phenoxy) is 1. The van der Waals surface area contributed by atoms with Crippen LogP contribution in [0.15, 0.2) is 18.2 Å². The van der Waals surface area contributed by atoms with E-state index < -0.39 is 10.0 Å². The summed E-state index contributed by atoms with van der Waals surface area (Å²) < 4.78 is 31.9. The molecule has 0 spiro atoms. The molecule has 0 aromatic heterocycles. The van der Waals surface area contributed by atoms with Crippen LogP contribution in [0.1, 0.15) is 18.4 Å². The lowest BCUT2D eigenvalue weighted by molar-refractivity contribution is 0.114. The summed E-state index contributed by atoms with van der Waals surface area (Å²) in [6.07, 6.45) is 1.83. The molecule has 1 N–H and O–H groups in total. The number of hydrogen-bond acceptors (Lipinski definition) is 3. The molecular weight excluding hydrogens is 309 g/mol. The Morgan fingerprint density at radius 1 is 1.32 bits per heavy atom. The third kappa shape index (κ3) is 4.33. The van der Waals surface area contributed by atoms with E-state index in [9.17, 15) is 8.42 Å². The van der Waals surface area contributed by atoms with Gasteiger partial charge in [-0.1, -0.05) is 29.3 Å². The standard InChI is InChI=1S/C12H15Cl2NO3S/c13-11-4-1-5-12(14)10(11)8-19(16,17)15-7-9-3-2-6-18-9/h1,4-5,9,15H,2-3,6-8H2. The van der Waals surface area contributed by atoms with Crippen molar-refractivity contribution in [3.63, 3.8) is 0 Å². The van der Waals surface area contributed by atoms with Crippen molar-refractivity contribution in [3.8, 4) is 0 Å². The van der Waals surface area contributed by atoms with Crippen LogP contribution in [-0.4, -0.2) is 27.7 Å². The number of benzene rings is 1. The maximum atomic E-state index is 12.0. The van der Waals surface area contributed by atoms with Crippen LogP contribution >= 0.6 is 23.2 Å². The number of hydrogen-bond donors (Lipinski definition) is 1. The zero-order valence-electron chi connectivity index (χ0n) is 10.2. The molecule has 1 heterocycles. The van der Waals surface area contributed by atoms with Gasteiger partial charge in [0.2, 0.25) is 10.0 Å². The van der Waals surface area contributed by atoms with Crippen molar-refractivity contribution >= 4 is 33.2 Å². The Kier molecular flexibility index (Phi) is 5.09. The Labute approximate surface area is 123 Å². The average molecular weight is 324 g/mol. The maximum Gasteiger partial charge on any atom is 0.215 e. The highest BCUT2D eigenvalue weighted by Crippen LogP contribution is 2.26. The van der Waals surface area contributed by atoms with Crippen LogP contribution in [0, 0.1) is 0 Å². The summed E-state index contributed by atoms with van der Waals surface area (Å²) in [6.45, 7) is 0.993. The third-order valence-electron chi connectivity index (χ3n) is 2.95. The van der Waals surface area contributed by atoms with Gasteiger partial charge in [-0.05, 0) is 25.0 Å². The van der Waals surface area contributed by atoms with E-state index >= 15 is 0 Å². The number of nitrogens with one attached hydrogen (secondary N) is 1. The summed E-state index contributed by atoms with van der Waals surface area (Å²) in [6, 6.07) is 4.93. The topological polar surface area (TPSA) is 55.4 Å². The van der Waals surface area contributed by atoms with Crippen LogP contribution in [0.3, 0.4) is 0 Å². The predicted molar refractivity (Wildman–Crippen MR) is 76.1 cm³/mol. The van der Waals surface area contributed by atoms with Gasteiger partial charge in [-0.15, -0.1) is 0 Å². The van der Waals surface area contributed by atoms with E-state index in [0.717, 1.165) is 12.8 Å². The molecule has 2 rings (SSSR count). The Hall–Kier alpha value is -0.330. The van der Waals surface area contributed by atoms with Crippen LogP contribution in [0.2, 0.25) is 10.0 Å². The van der Waals surface area contributed by atoms with Crippen molar-refractivity contribution in [1.29, 1.82) is 0 Å². The molecule has 1 aromatic rings. The Morgan fingerprint density at radius 2 is 2.00 bits per heavy atom. The van der Waals surface area contributed by atoms with E-state index in [4.69, 9.17) is 27.9 Å². The van der Waals surface area contributed by atoms with Crippen molar-refractivity contribution in [2.75, 3.05) is 13.2 Å². The first-order valence-electron chi connectivity index (χ1n) is 6.00. The van der Waals surface area contributed by atoms with Gasteiger partial charge in [-0.25, -0.2) is 13.1 Å². The maximum absolute atomic E-state index is 12.0. The van der Waals surface area contributed by atoms with E-state index in [1.54, 1.807) is 18.2 Å². The summed E-state index contributed by atoms with van der Waals surface area (Å²) in [4.78, 5) is 0. The van der Waals surface area contributed by atoms with E-state index in [1.165, 1.54) is 0 Å². The van der Waals surface area contributed by atoms with Gasteiger partial charge in [0.25, 0.3) is 0 Å². The van der Waals surface area contributed by atoms with Gasteiger partial charge in [-0.3, -0.25) is 0 Å². The Bertz CT molecular complexity index is 522. The predicted octanol–water partition coefficient (Wildman–Crippen LogP) is 2.59. The van der Waals surface area contributed by atoms with Gasteiger partial charge < -0.3 is 4.74 Å². The molecule has 1 saturated heterocycles. The molecule has 0 radical (unpaired) electrons. The van der Waals surface area contributed by atoms with Crippen LogP contribution in [0.4, 0.5) is 0 Å². The lowest BCUT2D eigenvalue weighted by Crippen LogP contribution is -2.32. The molecule has 0 aliphatic carbocycles. The molecular formula is C12H15Cl2NO3S. The minimum atomic E-state index is -3.47. The normalized spacial score (nSPS) is 19.8. The molecule has 7 heteroatoms. The summed E-state index contributed by atoms with van der Waals surface area (Å²) in [5, 5.41) is 0.713. The molecule has 1 aromatic carbocycles. The Balaban J connectivity index is 2.00. The largest absolute Gasteiger partial charge is 0.377 e. The first kappa shape index (κ1) is 15.1. The van der Waals surface area contributed by atoms with Gasteiger partial charge in [0.15, 0.2) is 0 Å². The van der Waals surface area contributed by atoms with Crippen molar-refractivity contribution in [3.05, 3.63) is 33.8 Å². The van der Waals surface area contributed by atoms with Crippen LogP contribution < -0.4 is 4.72 Å². The summed E-state index contributed by atoms with van der Waals surface area (Å²) in [5.74, 6) is -0.224. The van der Waals surface area contributed by atoms with Crippen molar-refractivity contribution in [1.82, 2.24) is 4.72 Å². The van der Waals surface area contributed by atoms with Crippen molar-refractivity contribution in [2.24, 2.45) is 0 Å². The number of sulfonamides is 1. The van der Waals surface area contributed by atoms with Crippen LogP contribution in [0.5, 0.6) is 0 Å². The molecule has 1 unspecified atom stereocenters. The second-order valence-electron chi connectivity index (χ2n) is 4.44. The highest BCUT2D eigenvalue weighted by molar-refractivity contribution is 7.88. The van der Waals surface area contributed by atoms with Crippen molar-refractivity contribution < 1.29 is 13.2 Å². The lowest BCUT2D eigenvalue weighted by Gasteiger charge is -2.12. The number of rotatable bonds is 5. The minimum absolute atomic E-state index is 0.0310. The molecule has 4 nitrogen and oxygen atoms in total. The van der Waals surface area contributed by atoms with E-state index in [0.29, 0.717) is 28.8 Å². The monoisotopic (exact) mass is 323 g/mol. The van der Waals surface area contributed by atoms with Crippen molar-refractivity contribution in [2.45, 2.75) is 24.7 Å². The average Bonchev–Trinajstić information content (AvgIpc) is 2.85. The molecule has 1 fully saturated rings. The summed E-state index contributed by atoms with van der Waals surface area (Å²) in [7, 11) is -3.47. The summed E-state index contributed by atoms with van der Waals surface area (Å²) in [5.41, 5.74) is 0.422. The Morgan fingerprint density at radius 3 is 2.58 bits per heavy atom. The van der Waals surface area contributed by atoms with E-state index in [1.807, 2.05) is 0 Å². The fraction of sp³-hybridized carbons (Fsp3) is 0.500.